The average Bonchev–Trinajstić information content (AvgIpc) is 3.19. The average molecular weight is 459 g/mol. The van der Waals surface area contributed by atoms with E-state index in [4.69, 9.17) is 4.74 Å². The minimum atomic E-state index is -3.39. The van der Waals surface area contributed by atoms with Gasteiger partial charge in [0, 0.05) is 49.1 Å². The highest BCUT2D eigenvalue weighted by Crippen LogP contribution is 2.22. The van der Waals surface area contributed by atoms with Crippen LogP contribution in [0.5, 0.6) is 0 Å². The van der Waals surface area contributed by atoms with E-state index in [1.54, 1.807) is 29.4 Å². The smallest absolute Gasteiger partial charge is 0.322 e. The molecule has 4 rings (SSSR count). The minimum Gasteiger partial charge on any atom is -0.378 e. The van der Waals surface area contributed by atoms with Gasteiger partial charge in [-0.3, -0.25) is 15.1 Å². The fraction of sp³-hybridized carbons (Fsp3) is 0.316. The van der Waals surface area contributed by atoms with Gasteiger partial charge in [-0.05, 0) is 18.2 Å². The topological polar surface area (TPSA) is 148 Å². The Balaban J connectivity index is 1.43. The summed E-state index contributed by atoms with van der Waals surface area (Å²) in [5.74, 6) is -0.137. The van der Waals surface area contributed by atoms with Gasteiger partial charge in [-0.15, -0.1) is 5.10 Å². The summed E-state index contributed by atoms with van der Waals surface area (Å²) >= 11 is 0. The lowest BCUT2D eigenvalue weighted by Crippen LogP contribution is -2.46. The second-order valence-corrected chi connectivity index (χ2v) is 9.15. The van der Waals surface area contributed by atoms with Crippen molar-refractivity contribution in [3.63, 3.8) is 0 Å². The molecule has 0 aliphatic carbocycles. The molecule has 1 fully saturated rings. The summed E-state index contributed by atoms with van der Waals surface area (Å²) in [6.07, 6.45) is 5.60. The van der Waals surface area contributed by atoms with Crippen LogP contribution in [0.15, 0.2) is 41.7 Å². The Morgan fingerprint density at radius 3 is 2.69 bits per heavy atom. The molecule has 2 N–H and O–H groups in total. The Morgan fingerprint density at radius 2 is 1.94 bits per heavy atom. The van der Waals surface area contributed by atoms with Gasteiger partial charge in [0.05, 0.1) is 24.7 Å². The van der Waals surface area contributed by atoms with Crippen molar-refractivity contribution in [2.24, 2.45) is 0 Å². The van der Waals surface area contributed by atoms with Crippen molar-refractivity contribution in [2.75, 3.05) is 44.4 Å². The number of sulfone groups is 1. The molecule has 12 nitrogen and oxygen atoms in total. The first-order valence-corrected chi connectivity index (χ1v) is 11.6. The van der Waals surface area contributed by atoms with E-state index in [9.17, 15) is 18.0 Å². The van der Waals surface area contributed by atoms with Gasteiger partial charge in [-0.25, -0.2) is 17.7 Å². The summed E-state index contributed by atoms with van der Waals surface area (Å²) in [6, 6.07) is 4.35. The molecule has 0 unspecified atom stereocenters. The van der Waals surface area contributed by atoms with Crippen molar-refractivity contribution >= 4 is 33.4 Å². The number of anilines is 1. The molecule has 0 saturated carbocycles. The van der Waals surface area contributed by atoms with Crippen molar-refractivity contribution in [3.8, 4) is 11.1 Å². The van der Waals surface area contributed by atoms with Gasteiger partial charge >= 0.3 is 6.03 Å². The summed E-state index contributed by atoms with van der Waals surface area (Å²) < 4.78 is 30.2. The van der Waals surface area contributed by atoms with Gasteiger partial charge in [0.1, 0.15) is 0 Å². The summed E-state index contributed by atoms with van der Waals surface area (Å²) in [5, 5.41) is 9.20. The maximum Gasteiger partial charge on any atom is 0.322 e. The molecule has 168 valence electrons. The highest BCUT2D eigenvalue weighted by molar-refractivity contribution is 7.90. The minimum absolute atomic E-state index is 0.0569. The fourth-order valence-corrected chi connectivity index (χ4v) is 3.71. The first-order chi connectivity index (χ1) is 15.3. The molecule has 13 heteroatoms. The van der Waals surface area contributed by atoms with Gasteiger partial charge in [0.25, 0.3) is 5.95 Å². The van der Waals surface area contributed by atoms with E-state index in [1.807, 2.05) is 0 Å². The van der Waals surface area contributed by atoms with Crippen molar-refractivity contribution in [2.45, 2.75) is 4.90 Å². The molecule has 3 aromatic heterocycles. The number of carbonyl (C=O) groups excluding carboxylic acids is 2. The molecule has 4 heterocycles. The number of amides is 3. The van der Waals surface area contributed by atoms with Crippen molar-refractivity contribution in [1.82, 2.24) is 29.8 Å². The molecular weight excluding hydrogens is 438 g/mol. The quantitative estimate of drug-likeness (QED) is 0.549. The van der Waals surface area contributed by atoms with E-state index in [2.05, 4.69) is 25.7 Å². The molecule has 0 spiro atoms. The second kappa shape index (κ2) is 8.88. The van der Waals surface area contributed by atoms with Crippen molar-refractivity contribution < 1.29 is 22.7 Å². The van der Waals surface area contributed by atoms with E-state index >= 15 is 0 Å². The van der Waals surface area contributed by atoms with Crippen LogP contribution in [-0.4, -0.2) is 83.9 Å². The van der Waals surface area contributed by atoms with Crippen LogP contribution in [0.2, 0.25) is 0 Å². The molecule has 0 bridgehead atoms. The Bertz CT molecular complexity index is 1270. The Morgan fingerprint density at radius 1 is 1.16 bits per heavy atom. The molecule has 0 atom stereocenters. The number of aromatic nitrogens is 4. The lowest BCUT2D eigenvalue weighted by Gasteiger charge is -2.26. The summed E-state index contributed by atoms with van der Waals surface area (Å²) in [4.78, 5) is 34.2. The molecule has 1 aliphatic heterocycles. The summed E-state index contributed by atoms with van der Waals surface area (Å²) in [5.41, 5.74) is 1.74. The zero-order valence-corrected chi connectivity index (χ0v) is 18.0. The van der Waals surface area contributed by atoms with E-state index < -0.39 is 15.9 Å². The Kier molecular flexibility index (Phi) is 6.01. The molecule has 1 saturated heterocycles. The molecule has 3 amide bonds. The highest BCUT2D eigenvalue weighted by atomic mass is 32.2. The lowest BCUT2D eigenvalue weighted by atomic mass is 10.1. The number of rotatable bonds is 5. The molecule has 3 aromatic rings. The third-order valence-corrected chi connectivity index (χ3v) is 5.87. The molecular formula is C19H21N7O5S. The SMILES string of the molecule is CS(=O)(=O)c1cncc(-c2ccc3nc(NC(=O)NCC(=O)N4CCOCC4)nn3c2)c1. The molecule has 0 aromatic carbocycles. The standard InChI is InChI=1S/C19H21N7O5S/c1-32(29,30)15-8-14(9-20-10-15)13-2-3-16-22-18(24-26(16)12-13)23-19(28)21-11-17(27)25-4-6-31-7-5-25/h2-3,8-10,12H,4-7,11H2,1H3,(H2,21,23,24,28). The Hall–Kier alpha value is -3.58. The zero-order chi connectivity index (χ0) is 22.7. The lowest BCUT2D eigenvalue weighted by molar-refractivity contribution is -0.134. The summed E-state index contributed by atoms with van der Waals surface area (Å²) in [6.45, 7) is 1.83. The number of hydrogen-bond donors (Lipinski definition) is 2. The van der Waals surface area contributed by atoms with Crippen LogP contribution >= 0.6 is 0 Å². The largest absolute Gasteiger partial charge is 0.378 e. The van der Waals surface area contributed by atoms with Crippen LogP contribution in [0.4, 0.5) is 10.7 Å². The van der Waals surface area contributed by atoms with Crippen LogP contribution < -0.4 is 10.6 Å². The monoisotopic (exact) mass is 459 g/mol. The third-order valence-electron chi connectivity index (χ3n) is 4.79. The first kappa shape index (κ1) is 21.6. The normalized spacial score (nSPS) is 14.3. The number of nitrogens with zero attached hydrogens (tertiary/aromatic N) is 5. The number of nitrogens with one attached hydrogen (secondary N) is 2. The predicted octanol–water partition coefficient (Wildman–Crippen LogP) is 0.175. The van der Waals surface area contributed by atoms with Crippen LogP contribution in [0.3, 0.4) is 0 Å². The van der Waals surface area contributed by atoms with Crippen LogP contribution in [0.25, 0.3) is 16.8 Å². The van der Waals surface area contributed by atoms with E-state index in [0.717, 1.165) is 6.26 Å². The van der Waals surface area contributed by atoms with Gasteiger partial charge < -0.3 is 15.0 Å². The maximum atomic E-state index is 12.1. The fourth-order valence-electron chi connectivity index (χ4n) is 3.11. The first-order valence-electron chi connectivity index (χ1n) is 9.72. The van der Waals surface area contributed by atoms with Gasteiger partial charge in [-0.2, -0.15) is 4.98 Å². The maximum absolute atomic E-state index is 12.1. The third kappa shape index (κ3) is 5.00. The van der Waals surface area contributed by atoms with Crippen molar-refractivity contribution in [1.29, 1.82) is 0 Å². The summed E-state index contributed by atoms with van der Waals surface area (Å²) in [7, 11) is -3.39. The number of urea groups is 1. The van der Waals surface area contributed by atoms with Crippen LogP contribution in [0.1, 0.15) is 0 Å². The van der Waals surface area contributed by atoms with Crippen molar-refractivity contribution in [3.05, 3.63) is 36.8 Å². The molecule has 32 heavy (non-hydrogen) atoms. The van der Waals surface area contributed by atoms with Crippen LogP contribution in [-0.2, 0) is 19.4 Å². The second-order valence-electron chi connectivity index (χ2n) is 7.14. The predicted molar refractivity (Wildman–Crippen MR) is 114 cm³/mol. The molecule has 0 radical (unpaired) electrons. The number of pyridine rings is 2. The van der Waals surface area contributed by atoms with Crippen LogP contribution in [0, 0.1) is 0 Å². The van der Waals surface area contributed by atoms with Gasteiger partial charge in [-0.1, -0.05) is 0 Å². The number of fused-ring (bicyclic) bond motifs is 1. The molecule has 1 aliphatic rings. The van der Waals surface area contributed by atoms with Gasteiger partial charge in [0.2, 0.25) is 5.91 Å². The van der Waals surface area contributed by atoms with E-state index in [1.165, 1.54) is 16.8 Å². The Labute approximate surface area is 183 Å². The zero-order valence-electron chi connectivity index (χ0n) is 17.2. The number of carbonyl (C=O) groups is 2. The highest BCUT2D eigenvalue weighted by Gasteiger charge is 2.18. The van der Waals surface area contributed by atoms with E-state index in [-0.39, 0.29) is 23.3 Å². The number of hydrogen-bond acceptors (Lipinski definition) is 8. The van der Waals surface area contributed by atoms with Gasteiger partial charge in [0.15, 0.2) is 15.5 Å². The number of ether oxygens (including phenoxy) is 1. The number of morpholine rings is 1. The van der Waals surface area contributed by atoms with E-state index in [0.29, 0.717) is 43.1 Å².